The number of nitrogens with one attached hydrogen (secondary N) is 1. The smallest absolute Gasteiger partial charge is 0.214 e. The number of hydrogen-bond donors (Lipinski definition) is 1. The minimum atomic E-state index is 0.0225. The van der Waals surface area contributed by atoms with Crippen LogP contribution in [-0.2, 0) is 5.41 Å². The third-order valence-corrected chi connectivity index (χ3v) is 4.84. The zero-order chi connectivity index (χ0) is 18.3. The monoisotopic (exact) mass is 364 g/mol. The number of anilines is 2. The van der Waals surface area contributed by atoms with Crippen molar-refractivity contribution >= 4 is 27.1 Å². The molecule has 6 nitrogen and oxygen atoms in total. The van der Waals surface area contributed by atoms with Gasteiger partial charge in [0.1, 0.15) is 0 Å². The van der Waals surface area contributed by atoms with Gasteiger partial charge in [0, 0.05) is 28.6 Å². The molecule has 0 fully saturated rings. The predicted octanol–water partition coefficient (Wildman–Crippen LogP) is 4.60. The van der Waals surface area contributed by atoms with Crippen LogP contribution < -0.4 is 5.32 Å². The Morgan fingerprint density at radius 1 is 1.04 bits per heavy atom. The Morgan fingerprint density at radius 3 is 2.46 bits per heavy atom. The van der Waals surface area contributed by atoms with Crippen molar-refractivity contribution in [2.45, 2.75) is 33.1 Å². The Bertz CT molecular complexity index is 1020. The largest absolute Gasteiger partial charge is 0.330 e. The van der Waals surface area contributed by atoms with E-state index in [1.807, 2.05) is 48.0 Å². The molecule has 4 rings (SSSR count). The van der Waals surface area contributed by atoms with Crippen molar-refractivity contribution < 1.29 is 0 Å². The molecule has 7 heteroatoms. The van der Waals surface area contributed by atoms with Gasteiger partial charge in [-0.15, -0.1) is 5.10 Å². The van der Waals surface area contributed by atoms with Crippen LogP contribution in [0.25, 0.3) is 16.3 Å². The fourth-order valence-corrected chi connectivity index (χ4v) is 3.33. The van der Waals surface area contributed by atoms with Crippen LogP contribution in [0.15, 0.2) is 42.7 Å². The van der Waals surface area contributed by atoms with Crippen LogP contribution in [0, 0.1) is 6.92 Å². The van der Waals surface area contributed by atoms with Crippen molar-refractivity contribution in [3.8, 4) is 11.4 Å². The molecule has 0 aliphatic rings. The van der Waals surface area contributed by atoms with Crippen molar-refractivity contribution in [1.82, 2.24) is 24.6 Å². The summed E-state index contributed by atoms with van der Waals surface area (Å²) in [5.74, 6) is 0.735. The SMILES string of the molecule is Cc1ccnc(-c2ccc(Nc3nn4cc(C(C)(C)C)nc4s3)cc2)n1. The minimum Gasteiger partial charge on any atom is -0.330 e. The summed E-state index contributed by atoms with van der Waals surface area (Å²) < 4.78 is 1.84. The first kappa shape index (κ1) is 16.7. The van der Waals surface area contributed by atoms with E-state index in [2.05, 4.69) is 46.1 Å². The molecule has 0 saturated carbocycles. The molecule has 3 aromatic heterocycles. The molecule has 26 heavy (non-hydrogen) atoms. The number of aromatic nitrogens is 5. The summed E-state index contributed by atoms with van der Waals surface area (Å²) in [6.45, 7) is 8.42. The molecule has 0 saturated heterocycles. The van der Waals surface area contributed by atoms with E-state index in [4.69, 9.17) is 0 Å². The quantitative estimate of drug-likeness (QED) is 0.575. The molecule has 0 atom stereocenters. The molecule has 0 spiro atoms. The van der Waals surface area contributed by atoms with Gasteiger partial charge < -0.3 is 5.32 Å². The van der Waals surface area contributed by atoms with Crippen molar-refractivity contribution in [3.05, 3.63) is 54.1 Å². The summed E-state index contributed by atoms with van der Waals surface area (Å²) in [4.78, 5) is 14.3. The summed E-state index contributed by atoms with van der Waals surface area (Å²) in [5.41, 5.74) is 3.98. The Hall–Kier alpha value is -2.80. The maximum Gasteiger partial charge on any atom is 0.214 e. The molecule has 1 N–H and O–H groups in total. The van der Waals surface area contributed by atoms with Gasteiger partial charge in [0.25, 0.3) is 0 Å². The molecule has 0 aliphatic heterocycles. The molecule has 132 valence electrons. The summed E-state index contributed by atoms with van der Waals surface area (Å²) >= 11 is 1.54. The molecule has 0 aliphatic carbocycles. The lowest BCUT2D eigenvalue weighted by molar-refractivity contribution is 0.572. The summed E-state index contributed by atoms with van der Waals surface area (Å²) in [6.07, 6.45) is 3.77. The fraction of sp³-hybridized carbons (Fsp3) is 0.263. The molecule has 0 bridgehead atoms. The number of nitrogens with zero attached hydrogens (tertiary/aromatic N) is 5. The normalized spacial score (nSPS) is 11.8. The van der Waals surface area contributed by atoms with Crippen LogP contribution in [0.2, 0.25) is 0 Å². The molecule has 0 amide bonds. The average Bonchev–Trinajstić information content (AvgIpc) is 3.14. The highest BCUT2D eigenvalue weighted by atomic mass is 32.1. The maximum atomic E-state index is 4.67. The van der Waals surface area contributed by atoms with Gasteiger partial charge in [0.15, 0.2) is 5.82 Å². The number of aryl methyl sites for hydroxylation is 1. The zero-order valence-corrected chi connectivity index (χ0v) is 16.0. The minimum absolute atomic E-state index is 0.0225. The van der Waals surface area contributed by atoms with E-state index in [9.17, 15) is 0 Å². The Kier molecular flexibility index (Phi) is 3.96. The second kappa shape index (κ2) is 6.17. The van der Waals surface area contributed by atoms with Gasteiger partial charge >= 0.3 is 0 Å². The van der Waals surface area contributed by atoms with E-state index < -0.39 is 0 Å². The van der Waals surface area contributed by atoms with Gasteiger partial charge in [0.05, 0.1) is 11.9 Å². The van der Waals surface area contributed by atoms with E-state index in [-0.39, 0.29) is 5.41 Å². The standard InChI is InChI=1S/C19H20N6S/c1-12-9-10-20-16(21-12)13-5-7-14(8-6-13)22-17-24-25-11-15(19(2,3)4)23-18(25)26-17/h5-11H,1-4H3,(H,22,24). The molecule has 0 unspecified atom stereocenters. The fourth-order valence-electron chi connectivity index (χ4n) is 2.53. The van der Waals surface area contributed by atoms with Crippen LogP contribution in [0.3, 0.4) is 0 Å². The first-order valence-corrected chi connectivity index (χ1v) is 9.24. The Morgan fingerprint density at radius 2 is 1.81 bits per heavy atom. The lowest BCUT2D eigenvalue weighted by atomic mass is 9.93. The number of imidazole rings is 1. The first-order valence-electron chi connectivity index (χ1n) is 8.42. The van der Waals surface area contributed by atoms with Crippen LogP contribution in [0.4, 0.5) is 10.8 Å². The highest BCUT2D eigenvalue weighted by Gasteiger charge is 2.19. The van der Waals surface area contributed by atoms with E-state index in [0.717, 1.165) is 38.6 Å². The topological polar surface area (TPSA) is 68.0 Å². The first-order chi connectivity index (χ1) is 12.4. The molecule has 3 heterocycles. The lowest BCUT2D eigenvalue weighted by Crippen LogP contribution is -2.11. The van der Waals surface area contributed by atoms with Crippen LogP contribution in [0.1, 0.15) is 32.2 Å². The number of benzene rings is 1. The van der Waals surface area contributed by atoms with Gasteiger partial charge in [-0.3, -0.25) is 0 Å². The summed E-state index contributed by atoms with van der Waals surface area (Å²) in [7, 11) is 0. The highest BCUT2D eigenvalue weighted by Crippen LogP contribution is 2.28. The number of rotatable bonds is 3. The summed E-state index contributed by atoms with van der Waals surface area (Å²) in [6, 6.07) is 9.92. The second-order valence-corrected chi connectivity index (χ2v) is 8.19. The van der Waals surface area contributed by atoms with Crippen molar-refractivity contribution in [3.63, 3.8) is 0 Å². The van der Waals surface area contributed by atoms with Gasteiger partial charge in [-0.1, -0.05) is 32.1 Å². The molecule has 1 aromatic carbocycles. The number of fused-ring (bicyclic) bond motifs is 1. The third kappa shape index (κ3) is 3.30. The van der Waals surface area contributed by atoms with Crippen LogP contribution in [0.5, 0.6) is 0 Å². The lowest BCUT2D eigenvalue weighted by Gasteiger charge is -2.13. The molecular formula is C19H20N6S. The summed E-state index contributed by atoms with van der Waals surface area (Å²) in [5, 5.41) is 8.72. The van der Waals surface area contributed by atoms with E-state index in [1.165, 1.54) is 11.3 Å². The maximum absolute atomic E-state index is 4.67. The highest BCUT2D eigenvalue weighted by molar-refractivity contribution is 7.20. The molecule has 0 radical (unpaired) electrons. The zero-order valence-electron chi connectivity index (χ0n) is 15.2. The van der Waals surface area contributed by atoms with E-state index >= 15 is 0 Å². The second-order valence-electron chi connectivity index (χ2n) is 7.23. The van der Waals surface area contributed by atoms with Gasteiger partial charge in [-0.25, -0.2) is 19.5 Å². The Labute approximate surface area is 156 Å². The molecule has 4 aromatic rings. The van der Waals surface area contributed by atoms with Crippen molar-refractivity contribution in [1.29, 1.82) is 0 Å². The van der Waals surface area contributed by atoms with Crippen molar-refractivity contribution in [2.24, 2.45) is 0 Å². The third-order valence-electron chi connectivity index (χ3n) is 4.00. The Balaban J connectivity index is 1.54. The van der Waals surface area contributed by atoms with Crippen LogP contribution >= 0.6 is 11.3 Å². The van der Waals surface area contributed by atoms with Crippen LogP contribution in [-0.4, -0.2) is 24.6 Å². The van der Waals surface area contributed by atoms with Gasteiger partial charge in [-0.05, 0) is 37.3 Å². The van der Waals surface area contributed by atoms with Crippen molar-refractivity contribution in [2.75, 3.05) is 5.32 Å². The average molecular weight is 364 g/mol. The van der Waals surface area contributed by atoms with Gasteiger partial charge in [0.2, 0.25) is 10.1 Å². The van der Waals surface area contributed by atoms with Gasteiger partial charge in [-0.2, -0.15) is 0 Å². The van der Waals surface area contributed by atoms with E-state index in [1.54, 1.807) is 6.20 Å². The molecular weight excluding hydrogens is 344 g/mol. The van der Waals surface area contributed by atoms with E-state index in [0.29, 0.717) is 0 Å². The predicted molar refractivity (Wildman–Crippen MR) is 105 cm³/mol. The number of hydrogen-bond acceptors (Lipinski definition) is 6.